The van der Waals surface area contributed by atoms with Gasteiger partial charge < -0.3 is 9.64 Å². The van der Waals surface area contributed by atoms with E-state index in [9.17, 15) is 4.79 Å². The number of esters is 1. The van der Waals surface area contributed by atoms with Gasteiger partial charge in [-0.3, -0.25) is 9.69 Å². The van der Waals surface area contributed by atoms with E-state index in [2.05, 4.69) is 35.1 Å². The molecule has 5 rings (SSSR count). The first-order valence-corrected chi connectivity index (χ1v) is 14.7. The molecule has 1 saturated heterocycles. The molecule has 0 N–H and O–H groups in total. The highest BCUT2D eigenvalue weighted by molar-refractivity contribution is 7.25. The number of carbonyl (C=O) groups excluding carboxylic acids is 1. The number of hydrogen-bond donors (Lipinski definition) is 0. The number of hydrogen-bond acceptors (Lipinski definition) is 8. The number of aryl methyl sites for hydroxylation is 1. The Morgan fingerprint density at radius 2 is 1.84 bits per heavy atom. The number of nitrogens with zero attached hydrogens (tertiary/aromatic N) is 4. The maximum atomic E-state index is 12.5. The van der Waals surface area contributed by atoms with E-state index in [-0.39, 0.29) is 12.4 Å². The fraction of sp³-hybridized carbons (Fsp3) is 0.393. The lowest BCUT2D eigenvalue weighted by molar-refractivity contribution is -0.142. The number of ether oxygens (including phenoxy) is 1. The third kappa shape index (κ3) is 5.53. The maximum Gasteiger partial charge on any atom is 0.310 e. The minimum atomic E-state index is -0.230. The zero-order chi connectivity index (χ0) is 26.1. The molecule has 0 saturated carbocycles. The Hall–Kier alpha value is -2.52. The van der Waals surface area contributed by atoms with Crippen LogP contribution in [0.1, 0.15) is 31.9 Å². The normalized spacial score (nSPS) is 14.6. The van der Waals surface area contributed by atoms with Gasteiger partial charge in [0.05, 0.1) is 23.2 Å². The van der Waals surface area contributed by atoms with Crippen LogP contribution in [0.3, 0.4) is 0 Å². The number of thiazole rings is 2. The van der Waals surface area contributed by atoms with Crippen LogP contribution in [-0.4, -0.2) is 59.7 Å². The summed E-state index contributed by atoms with van der Waals surface area (Å²) >= 11 is 9.46. The highest BCUT2D eigenvalue weighted by Crippen LogP contribution is 2.42. The van der Waals surface area contributed by atoms with Gasteiger partial charge in [0.15, 0.2) is 10.0 Å². The van der Waals surface area contributed by atoms with E-state index in [4.69, 9.17) is 26.3 Å². The molecule has 0 amide bonds. The monoisotopic (exact) mass is 554 g/mol. The van der Waals surface area contributed by atoms with Gasteiger partial charge in [-0.25, -0.2) is 9.97 Å². The highest BCUT2D eigenvalue weighted by Gasteiger charge is 2.23. The van der Waals surface area contributed by atoms with Crippen LogP contribution in [0.2, 0.25) is 5.02 Å². The molecule has 1 aliphatic heterocycles. The third-order valence-corrected chi connectivity index (χ3v) is 9.13. The second-order valence-corrected chi connectivity index (χ2v) is 11.8. The molecule has 1 fully saturated rings. The molecule has 0 aliphatic carbocycles. The van der Waals surface area contributed by atoms with Gasteiger partial charge in [-0.1, -0.05) is 23.7 Å². The third-order valence-electron chi connectivity index (χ3n) is 6.81. The van der Waals surface area contributed by atoms with E-state index in [1.54, 1.807) is 22.7 Å². The van der Waals surface area contributed by atoms with Crippen molar-refractivity contribution in [2.45, 2.75) is 40.2 Å². The topological polar surface area (TPSA) is 58.6 Å². The van der Waals surface area contributed by atoms with Crippen molar-refractivity contribution in [3.63, 3.8) is 0 Å². The molecule has 3 heterocycles. The molecule has 0 atom stereocenters. The number of piperazine rings is 1. The lowest BCUT2D eigenvalue weighted by Crippen LogP contribution is -2.49. The molecule has 9 heteroatoms. The highest BCUT2D eigenvalue weighted by atomic mass is 35.5. The Morgan fingerprint density at radius 3 is 2.51 bits per heavy atom. The number of anilines is 1. The maximum absolute atomic E-state index is 12.5. The van der Waals surface area contributed by atoms with Gasteiger partial charge in [-0.2, -0.15) is 0 Å². The van der Waals surface area contributed by atoms with E-state index in [1.807, 2.05) is 38.1 Å². The number of fused-ring (bicyclic) bond motifs is 1. The predicted molar refractivity (Wildman–Crippen MR) is 155 cm³/mol. The van der Waals surface area contributed by atoms with Crippen molar-refractivity contribution in [1.29, 1.82) is 0 Å². The Kier molecular flexibility index (Phi) is 7.81. The van der Waals surface area contributed by atoms with Gasteiger partial charge in [0.1, 0.15) is 5.82 Å². The summed E-state index contributed by atoms with van der Waals surface area (Å²) in [6.45, 7) is 12.8. The van der Waals surface area contributed by atoms with E-state index in [1.165, 1.54) is 0 Å². The summed E-state index contributed by atoms with van der Waals surface area (Å²) in [6, 6.07) is 10.4. The van der Waals surface area contributed by atoms with Crippen LogP contribution >= 0.6 is 34.3 Å². The fourth-order valence-electron chi connectivity index (χ4n) is 4.81. The van der Waals surface area contributed by atoms with Gasteiger partial charge in [0, 0.05) is 48.2 Å². The fourth-order valence-corrected chi connectivity index (χ4v) is 6.94. The van der Waals surface area contributed by atoms with Gasteiger partial charge >= 0.3 is 5.97 Å². The Balaban J connectivity index is 1.52. The van der Waals surface area contributed by atoms with E-state index in [0.29, 0.717) is 17.7 Å². The molecule has 2 aromatic heterocycles. The molecule has 194 valence electrons. The number of rotatable bonds is 7. The van der Waals surface area contributed by atoms with Crippen molar-refractivity contribution < 1.29 is 9.53 Å². The van der Waals surface area contributed by atoms with Gasteiger partial charge in [0.2, 0.25) is 0 Å². The van der Waals surface area contributed by atoms with Crippen LogP contribution in [0.25, 0.3) is 31.4 Å². The Bertz CT molecular complexity index is 1410. The van der Waals surface area contributed by atoms with Crippen LogP contribution < -0.4 is 4.90 Å². The van der Waals surface area contributed by atoms with E-state index >= 15 is 0 Å². The zero-order valence-electron chi connectivity index (χ0n) is 21.6. The molecule has 0 unspecified atom stereocenters. The molecule has 2 aromatic carbocycles. The van der Waals surface area contributed by atoms with E-state index in [0.717, 1.165) is 74.5 Å². The number of halogens is 1. The quantitative estimate of drug-likeness (QED) is 0.237. The lowest BCUT2D eigenvalue weighted by atomic mass is 9.93. The number of aromatic nitrogens is 2. The number of benzene rings is 2. The molecule has 6 nitrogen and oxygen atoms in total. The van der Waals surface area contributed by atoms with Crippen LogP contribution in [0.15, 0.2) is 35.7 Å². The first-order chi connectivity index (χ1) is 17.8. The second kappa shape index (κ2) is 11.1. The SMILES string of the molecule is CCOC(=O)Cc1c(C)cc2nc(-c3nc(N4CCN(C(C)C)CC4)cs3)sc2c1-c1ccc(Cl)cc1. The summed E-state index contributed by atoms with van der Waals surface area (Å²) in [4.78, 5) is 27.4. The molecule has 0 spiro atoms. The van der Waals surface area contributed by atoms with Crippen molar-refractivity contribution in [2.75, 3.05) is 37.7 Å². The van der Waals surface area contributed by atoms with Gasteiger partial charge in [0.25, 0.3) is 0 Å². The van der Waals surface area contributed by atoms with Crippen molar-refractivity contribution >= 4 is 56.3 Å². The van der Waals surface area contributed by atoms with Crippen molar-refractivity contribution in [2.24, 2.45) is 0 Å². The van der Waals surface area contributed by atoms with Gasteiger partial charge in [-0.05, 0) is 62.6 Å². The summed E-state index contributed by atoms with van der Waals surface area (Å²) in [5.41, 5.74) is 4.93. The van der Waals surface area contributed by atoms with Gasteiger partial charge in [-0.15, -0.1) is 22.7 Å². The summed E-state index contributed by atoms with van der Waals surface area (Å²) < 4.78 is 6.33. The molecular formula is C28H31ClN4O2S2. The summed E-state index contributed by atoms with van der Waals surface area (Å²) in [7, 11) is 0. The largest absolute Gasteiger partial charge is 0.466 e. The lowest BCUT2D eigenvalue weighted by Gasteiger charge is -2.37. The predicted octanol–water partition coefficient (Wildman–Crippen LogP) is 6.68. The molecule has 0 radical (unpaired) electrons. The minimum Gasteiger partial charge on any atom is -0.466 e. The minimum absolute atomic E-state index is 0.213. The summed E-state index contributed by atoms with van der Waals surface area (Å²) in [5, 5.41) is 4.64. The molecule has 4 aromatic rings. The molecular weight excluding hydrogens is 524 g/mol. The van der Waals surface area contributed by atoms with Crippen LogP contribution in [0.4, 0.5) is 5.82 Å². The summed E-state index contributed by atoms with van der Waals surface area (Å²) in [6.07, 6.45) is 0.213. The van der Waals surface area contributed by atoms with Crippen LogP contribution in [0, 0.1) is 6.92 Å². The first-order valence-electron chi connectivity index (χ1n) is 12.6. The van der Waals surface area contributed by atoms with Crippen LogP contribution in [-0.2, 0) is 16.0 Å². The van der Waals surface area contributed by atoms with Crippen LogP contribution in [0.5, 0.6) is 0 Å². The Labute approximate surface area is 230 Å². The summed E-state index contributed by atoms with van der Waals surface area (Å²) in [5.74, 6) is 0.798. The zero-order valence-corrected chi connectivity index (χ0v) is 24.0. The average molecular weight is 555 g/mol. The molecule has 37 heavy (non-hydrogen) atoms. The van der Waals surface area contributed by atoms with E-state index < -0.39 is 0 Å². The molecule has 1 aliphatic rings. The smallest absolute Gasteiger partial charge is 0.310 e. The Morgan fingerprint density at radius 1 is 1.11 bits per heavy atom. The molecule has 0 bridgehead atoms. The number of carbonyl (C=O) groups is 1. The van der Waals surface area contributed by atoms with Crippen molar-refractivity contribution in [3.8, 4) is 21.1 Å². The standard InChI is InChI=1S/C28H31ClN4O2S2/c1-5-35-24(34)15-21-18(4)14-22-26(25(21)19-6-8-20(29)9-7-19)37-28(30-22)27-31-23(16-36-27)33-12-10-32(11-13-33)17(2)3/h6-9,14,16-17H,5,10-13,15H2,1-4H3. The second-order valence-electron chi connectivity index (χ2n) is 9.53. The first kappa shape index (κ1) is 26.1. The van der Waals surface area contributed by atoms with Crippen molar-refractivity contribution in [1.82, 2.24) is 14.9 Å². The van der Waals surface area contributed by atoms with Crippen molar-refractivity contribution in [3.05, 3.63) is 51.9 Å². The average Bonchev–Trinajstić information content (AvgIpc) is 3.53.